The maximum atomic E-state index is 12.2. The van der Waals surface area contributed by atoms with Crippen molar-refractivity contribution in [1.82, 2.24) is 0 Å². The first-order chi connectivity index (χ1) is 7.99. The number of alkyl halides is 6. The van der Waals surface area contributed by atoms with E-state index in [9.17, 15) is 31.1 Å². The van der Waals surface area contributed by atoms with E-state index in [1.165, 1.54) is 0 Å². The Balaban J connectivity index is 3.05. The van der Waals surface area contributed by atoms with Crippen molar-refractivity contribution in [1.29, 1.82) is 0 Å². The monoisotopic (exact) mass is 276 g/mol. The zero-order chi connectivity index (χ0) is 14.2. The van der Waals surface area contributed by atoms with Crippen molar-refractivity contribution >= 4 is 5.78 Å². The lowest BCUT2D eigenvalue weighted by molar-refractivity contribution is -0.366. The summed E-state index contributed by atoms with van der Waals surface area (Å²) in [4.78, 5) is 11.2. The highest BCUT2D eigenvalue weighted by molar-refractivity contribution is 5.94. The number of hydrogen-bond acceptors (Lipinski definition) is 3. The summed E-state index contributed by atoms with van der Waals surface area (Å²) in [6, 6.07) is 2.02. The van der Waals surface area contributed by atoms with Crippen molar-refractivity contribution < 1.29 is 40.7 Å². The summed E-state index contributed by atoms with van der Waals surface area (Å²) >= 11 is 0. The second-order valence-corrected chi connectivity index (χ2v) is 3.43. The Bertz CT molecular complexity index is 403. The predicted molar refractivity (Wildman–Crippen MR) is 44.7 cm³/mol. The molecule has 0 aliphatic carbocycles. The van der Waals surface area contributed by atoms with Gasteiger partial charge in [-0.3, -0.25) is 4.79 Å². The molecule has 102 valence electrons. The first kappa shape index (κ1) is 14.6. The number of ketones is 1. The average Bonchev–Trinajstić information content (AvgIpc) is 2.66. The molecule has 0 atom stereocenters. The van der Waals surface area contributed by atoms with Gasteiger partial charge in [-0.05, 0) is 12.1 Å². The fourth-order valence-electron chi connectivity index (χ4n) is 1.12. The van der Waals surface area contributed by atoms with Crippen LogP contribution in [0.15, 0.2) is 22.8 Å². The van der Waals surface area contributed by atoms with Gasteiger partial charge in [0.05, 0.1) is 12.7 Å². The van der Waals surface area contributed by atoms with Crippen LogP contribution in [0.25, 0.3) is 0 Å². The fraction of sp³-hybridized carbons (Fsp3) is 0.444. The molecule has 0 aliphatic heterocycles. The van der Waals surface area contributed by atoms with Gasteiger partial charge in [-0.2, -0.15) is 26.3 Å². The molecule has 18 heavy (non-hydrogen) atoms. The molecule has 0 saturated heterocycles. The predicted octanol–water partition coefficient (Wildman–Crippen LogP) is 2.71. The molecule has 0 amide bonds. The molecule has 0 fully saturated rings. The smallest absolute Gasteiger partial charge is 0.426 e. The van der Waals surface area contributed by atoms with Crippen LogP contribution in [0.5, 0.6) is 0 Å². The van der Waals surface area contributed by atoms with Crippen LogP contribution in [0.1, 0.15) is 17.0 Å². The zero-order valence-electron chi connectivity index (χ0n) is 8.47. The minimum atomic E-state index is -6.02. The number of rotatable bonds is 3. The van der Waals surface area contributed by atoms with Crippen molar-refractivity contribution in [3.63, 3.8) is 0 Å². The quantitative estimate of drug-likeness (QED) is 0.682. The van der Waals surface area contributed by atoms with Crippen LogP contribution in [-0.2, 0) is 0 Å². The van der Waals surface area contributed by atoms with E-state index in [1.54, 1.807) is 0 Å². The van der Waals surface area contributed by atoms with E-state index >= 15 is 0 Å². The van der Waals surface area contributed by atoms with Gasteiger partial charge in [0.2, 0.25) is 5.78 Å². The lowest BCUT2D eigenvalue weighted by Gasteiger charge is -2.31. The maximum absolute atomic E-state index is 12.2. The number of furan rings is 1. The zero-order valence-corrected chi connectivity index (χ0v) is 8.47. The molecule has 0 unspecified atom stereocenters. The highest BCUT2D eigenvalue weighted by Crippen LogP contribution is 2.45. The Morgan fingerprint density at radius 1 is 1.17 bits per heavy atom. The summed E-state index contributed by atoms with van der Waals surface area (Å²) in [5.74, 6) is -2.29. The molecular formula is C9H6F6O3. The van der Waals surface area contributed by atoms with Gasteiger partial charge in [-0.25, -0.2) is 0 Å². The third-order valence-electron chi connectivity index (χ3n) is 2.15. The number of aliphatic hydroxyl groups is 1. The molecule has 0 aliphatic rings. The Morgan fingerprint density at radius 3 is 2.00 bits per heavy atom. The average molecular weight is 276 g/mol. The summed E-state index contributed by atoms with van der Waals surface area (Å²) in [5, 5.41) is 8.74. The highest BCUT2D eigenvalue weighted by atomic mass is 19.4. The van der Waals surface area contributed by atoms with E-state index in [4.69, 9.17) is 5.11 Å². The van der Waals surface area contributed by atoms with Gasteiger partial charge in [0.15, 0.2) is 5.76 Å². The van der Waals surface area contributed by atoms with Crippen molar-refractivity contribution in [2.45, 2.75) is 24.4 Å². The van der Waals surface area contributed by atoms with Crippen LogP contribution in [0.3, 0.4) is 0 Å². The van der Waals surface area contributed by atoms with Gasteiger partial charge in [0.1, 0.15) is 0 Å². The SMILES string of the molecule is O=C(CC(O)(C(F)(F)F)C(F)(F)F)c1ccco1. The molecular weight excluding hydrogens is 270 g/mol. The normalized spacial score (nSPS) is 13.7. The maximum Gasteiger partial charge on any atom is 0.426 e. The van der Waals surface area contributed by atoms with Crippen molar-refractivity contribution in [3.8, 4) is 0 Å². The van der Waals surface area contributed by atoms with E-state index in [0.29, 0.717) is 0 Å². The Kier molecular flexibility index (Phi) is 3.48. The van der Waals surface area contributed by atoms with E-state index in [2.05, 4.69) is 4.42 Å². The topological polar surface area (TPSA) is 50.4 Å². The van der Waals surface area contributed by atoms with Gasteiger partial charge >= 0.3 is 12.4 Å². The molecule has 0 spiro atoms. The molecule has 0 radical (unpaired) electrons. The molecule has 9 heteroatoms. The molecule has 3 nitrogen and oxygen atoms in total. The molecule has 1 heterocycles. The number of carbonyl (C=O) groups is 1. The first-order valence-electron chi connectivity index (χ1n) is 4.41. The van der Waals surface area contributed by atoms with Crippen LogP contribution in [0.2, 0.25) is 0 Å². The molecule has 1 aromatic heterocycles. The second kappa shape index (κ2) is 4.30. The Morgan fingerprint density at radius 2 is 1.67 bits per heavy atom. The molecule has 1 rings (SSSR count). The van der Waals surface area contributed by atoms with Gasteiger partial charge in [-0.1, -0.05) is 0 Å². The number of Topliss-reactive ketones (excluding diaryl/α,β-unsaturated/α-hetero) is 1. The molecule has 1 aromatic rings. The third-order valence-corrected chi connectivity index (χ3v) is 2.15. The van der Waals surface area contributed by atoms with Gasteiger partial charge in [0.25, 0.3) is 5.60 Å². The number of hydrogen-bond donors (Lipinski definition) is 1. The fourth-order valence-corrected chi connectivity index (χ4v) is 1.12. The summed E-state index contributed by atoms with van der Waals surface area (Å²) < 4.78 is 77.9. The van der Waals surface area contributed by atoms with Crippen molar-refractivity contribution in [3.05, 3.63) is 24.2 Å². The minimum Gasteiger partial charge on any atom is -0.461 e. The second-order valence-electron chi connectivity index (χ2n) is 3.43. The standard InChI is InChI=1S/C9H6F6O3/c10-8(11,12)7(17,9(13,14)15)4-5(16)6-2-1-3-18-6/h1-3,17H,4H2. The lowest BCUT2D eigenvalue weighted by Crippen LogP contribution is -2.57. The van der Waals surface area contributed by atoms with Gasteiger partial charge in [0, 0.05) is 0 Å². The molecule has 0 saturated carbocycles. The largest absolute Gasteiger partial charge is 0.461 e. The third kappa shape index (κ3) is 2.50. The van der Waals surface area contributed by atoms with E-state index < -0.39 is 35.9 Å². The van der Waals surface area contributed by atoms with Crippen LogP contribution in [0, 0.1) is 0 Å². The minimum absolute atomic E-state index is 0.693. The molecule has 1 N–H and O–H groups in total. The van der Waals surface area contributed by atoms with Crippen LogP contribution < -0.4 is 0 Å². The molecule has 0 bridgehead atoms. The number of carbonyl (C=O) groups excluding carboxylic acids is 1. The van der Waals surface area contributed by atoms with E-state index in [-0.39, 0.29) is 0 Å². The first-order valence-corrected chi connectivity index (χ1v) is 4.41. The Hall–Kier alpha value is -1.51. The van der Waals surface area contributed by atoms with Crippen LogP contribution in [0.4, 0.5) is 26.3 Å². The number of halogens is 6. The van der Waals surface area contributed by atoms with Crippen LogP contribution >= 0.6 is 0 Å². The Labute approximate surface area is 96.0 Å². The molecule has 0 aromatic carbocycles. The highest BCUT2D eigenvalue weighted by Gasteiger charge is 2.71. The lowest BCUT2D eigenvalue weighted by atomic mass is 9.94. The van der Waals surface area contributed by atoms with Crippen molar-refractivity contribution in [2.75, 3.05) is 0 Å². The van der Waals surface area contributed by atoms with Gasteiger partial charge < -0.3 is 9.52 Å². The summed E-state index contributed by atoms with van der Waals surface area (Å²) in [5.41, 5.74) is -5.09. The van der Waals surface area contributed by atoms with Gasteiger partial charge in [-0.15, -0.1) is 0 Å². The van der Waals surface area contributed by atoms with Crippen LogP contribution in [-0.4, -0.2) is 28.8 Å². The summed E-state index contributed by atoms with van der Waals surface area (Å²) in [6.07, 6.45) is -13.3. The van der Waals surface area contributed by atoms with E-state index in [1.807, 2.05) is 0 Å². The summed E-state index contributed by atoms with van der Waals surface area (Å²) in [6.45, 7) is 0. The van der Waals surface area contributed by atoms with Crippen molar-refractivity contribution in [2.24, 2.45) is 0 Å². The summed E-state index contributed by atoms with van der Waals surface area (Å²) in [7, 11) is 0. The van der Waals surface area contributed by atoms with E-state index in [0.717, 1.165) is 18.4 Å².